The van der Waals surface area contributed by atoms with Crippen LogP contribution in [0.5, 0.6) is 0 Å². The highest BCUT2D eigenvalue weighted by Gasteiger charge is 2.32. The Bertz CT molecular complexity index is 642. The van der Waals surface area contributed by atoms with Crippen molar-refractivity contribution in [2.24, 2.45) is 0 Å². The van der Waals surface area contributed by atoms with E-state index >= 15 is 0 Å². The van der Waals surface area contributed by atoms with Crippen LogP contribution in [0.4, 0.5) is 0 Å². The molecule has 0 fully saturated rings. The number of hydrogen-bond donors (Lipinski definition) is 1. The number of nitrogens with zero attached hydrogens (tertiary/aromatic N) is 3. The smallest absolute Gasteiger partial charge is 0.151 e. The van der Waals surface area contributed by atoms with Gasteiger partial charge < -0.3 is 0 Å². The van der Waals surface area contributed by atoms with Gasteiger partial charge in [0.2, 0.25) is 0 Å². The third-order valence-electron chi connectivity index (χ3n) is 3.56. The predicted molar refractivity (Wildman–Crippen MR) is 79.5 cm³/mol. The monoisotopic (exact) mass is 288 g/mol. The molecule has 0 aliphatic heterocycles. The summed E-state index contributed by atoms with van der Waals surface area (Å²) in [6.07, 6.45) is 0. The molecule has 0 bridgehead atoms. The second-order valence-electron chi connectivity index (χ2n) is 4.78. The fraction of sp³-hybridized carbons (Fsp3) is 0.333. The standard InChI is InChI=1S/C15H17ClN4/c1-11-14(16)12(2)20(19-11)10-15(9-17,18-3)13-7-5-4-6-8-13/h4-8,18H,10H2,1-3H3. The number of halogens is 1. The lowest BCUT2D eigenvalue weighted by Gasteiger charge is -2.27. The van der Waals surface area contributed by atoms with Gasteiger partial charge in [-0.15, -0.1) is 0 Å². The summed E-state index contributed by atoms with van der Waals surface area (Å²) in [7, 11) is 1.78. The molecule has 0 aliphatic rings. The minimum absolute atomic E-state index is 0.406. The molecule has 1 unspecified atom stereocenters. The summed E-state index contributed by atoms with van der Waals surface area (Å²) in [6.45, 7) is 4.18. The molecule has 0 spiro atoms. The molecule has 1 heterocycles. The molecular weight excluding hydrogens is 272 g/mol. The van der Waals surface area contributed by atoms with Crippen molar-refractivity contribution in [2.45, 2.75) is 25.9 Å². The molecule has 0 saturated carbocycles. The molecule has 5 heteroatoms. The molecule has 1 atom stereocenters. The van der Waals surface area contributed by atoms with Crippen molar-refractivity contribution in [2.75, 3.05) is 7.05 Å². The van der Waals surface area contributed by atoms with Gasteiger partial charge in [-0.05, 0) is 26.5 Å². The van der Waals surface area contributed by atoms with Crippen LogP contribution in [0.15, 0.2) is 30.3 Å². The van der Waals surface area contributed by atoms with E-state index in [1.807, 2.05) is 44.2 Å². The number of benzene rings is 1. The van der Waals surface area contributed by atoms with Gasteiger partial charge in [0.1, 0.15) is 0 Å². The van der Waals surface area contributed by atoms with Gasteiger partial charge in [-0.25, -0.2) is 0 Å². The first-order valence-electron chi connectivity index (χ1n) is 6.39. The van der Waals surface area contributed by atoms with Crippen molar-refractivity contribution in [3.05, 3.63) is 52.3 Å². The quantitative estimate of drug-likeness (QED) is 0.941. The molecule has 0 radical (unpaired) electrons. The zero-order chi connectivity index (χ0) is 14.8. The van der Waals surface area contributed by atoms with Crippen LogP contribution in [-0.2, 0) is 12.1 Å². The van der Waals surface area contributed by atoms with Crippen molar-refractivity contribution in [3.63, 3.8) is 0 Å². The first-order valence-corrected chi connectivity index (χ1v) is 6.77. The lowest BCUT2D eigenvalue weighted by atomic mass is 9.91. The van der Waals surface area contributed by atoms with Crippen molar-refractivity contribution in [3.8, 4) is 6.07 Å². The van der Waals surface area contributed by atoms with Crippen LogP contribution in [0.1, 0.15) is 17.0 Å². The highest BCUT2D eigenvalue weighted by Crippen LogP contribution is 2.26. The molecule has 1 aromatic carbocycles. The highest BCUT2D eigenvalue weighted by atomic mass is 35.5. The van der Waals surface area contributed by atoms with Gasteiger partial charge in [-0.2, -0.15) is 10.4 Å². The third kappa shape index (κ3) is 2.43. The minimum Gasteiger partial charge on any atom is -0.297 e. The number of hydrogen-bond acceptors (Lipinski definition) is 3. The van der Waals surface area contributed by atoms with Gasteiger partial charge >= 0.3 is 0 Å². The van der Waals surface area contributed by atoms with E-state index in [1.54, 1.807) is 11.7 Å². The summed E-state index contributed by atoms with van der Waals surface area (Å²) in [6, 6.07) is 12.0. The maximum absolute atomic E-state index is 9.67. The average Bonchev–Trinajstić information content (AvgIpc) is 2.73. The Morgan fingerprint density at radius 3 is 2.45 bits per heavy atom. The van der Waals surface area contributed by atoms with Crippen LogP contribution >= 0.6 is 11.6 Å². The maximum Gasteiger partial charge on any atom is 0.151 e. The molecule has 0 saturated heterocycles. The van der Waals surface area contributed by atoms with E-state index in [2.05, 4.69) is 16.5 Å². The van der Waals surface area contributed by atoms with E-state index in [0.29, 0.717) is 11.6 Å². The van der Waals surface area contributed by atoms with E-state index in [4.69, 9.17) is 11.6 Å². The summed E-state index contributed by atoms with van der Waals surface area (Å²) in [5.41, 5.74) is 1.73. The zero-order valence-corrected chi connectivity index (χ0v) is 12.6. The second-order valence-corrected chi connectivity index (χ2v) is 5.15. The average molecular weight is 289 g/mol. The van der Waals surface area contributed by atoms with E-state index in [9.17, 15) is 5.26 Å². The molecule has 4 nitrogen and oxygen atoms in total. The number of aryl methyl sites for hydroxylation is 1. The number of likely N-dealkylation sites (N-methyl/N-ethyl adjacent to an activating group) is 1. The molecule has 104 valence electrons. The van der Waals surface area contributed by atoms with Gasteiger partial charge in [0.25, 0.3) is 0 Å². The Balaban J connectivity index is 2.45. The maximum atomic E-state index is 9.67. The van der Waals surface area contributed by atoms with Crippen molar-refractivity contribution < 1.29 is 0 Å². The molecule has 0 aliphatic carbocycles. The summed E-state index contributed by atoms with van der Waals surface area (Å²) >= 11 is 6.17. The predicted octanol–water partition coefficient (Wildman–Crippen LogP) is 2.79. The number of aromatic nitrogens is 2. The van der Waals surface area contributed by atoms with Crippen LogP contribution < -0.4 is 5.32 Å². The molecular formula is C15H17ClN4. The fourth-order valence-electron chi connectivity index (χ4n) is 2.25. The lowest BCUT2D eigenvalue weighted by molar-refractivity contribution is 0.372. The SMILES string of the molecule is CNC(C#N)(Cn1nc(C)c(Cl)c1C)c1ccccc1. The topological polar surface area (TPSA) is 53.6 Å². The molecule has 20 heavy (non-hydrogen) atoms. The Kier molecular flexibility index (Phi) is 4.12. The van der Waals surface area contributed by atoms with Gasteiger partial charge in [-0.1, -0.05) is 41.9 Å². The van der Waals surface area contributed by atoms with Crippen LogP contribution in [0.2, 0.25) is 5.02 Å². The molecule has 1 N–H and O–H groups in total. The van der Waals surface area contributed by atoms with E-state index < -0.39 is 5.54 Å². The van der Waals surface area contributed by atoms with Crippen LogP contribution in [-0.4, -0.2) is 16.8 Å². The minimum atomic E-state index is -0.826. The van der Waals surface area contributed by atoms with E-state index in [0.717, 1.165) is 17.0 Å². The van der Waals surface area contributed by atoms with Gasteiger partial charge in [0, 0.05) is 0 Å². The summed E-state index contributed by atoms with van der Waals surface area (Å²) in [5, 5.41) is 17.9. The number of rotatable bonds is 4. The molecule has 1 aromatic heterocycles. The van der Waals surface area contributed by atoms with Crippen molar-refractivity contribution >= 4 is 11.6 Å². The van der Waals surface area contributed by atoms with E-state index in [1.165, 1.54) is 0 Å². The fourth-order valence-corrected chi connectivity index (χ4v) is 2.38. The zero-order valence-electron chi connectivity index (χ0n) is 11.8. The Morgan fingerprint density at radius 1 is 1.35 bits per heavy atom. The van der Waals surface area contributed by atoms with Crippen LogP contribution in [0, 0.1) is 25.2 Å². The van der Waals surface area contributed by atoms with Crippen LogP contribution in [0.25, 0.3) is 0 Å². The Hall–Kier alpha value is -1.83. The number of nitrogens with one attached hydrogen (secondary N) is 1. The Labute approximate surface area is 124 Å². The van der Waals surface area contributed by atoms with Crippen molar-refractivity contribution in [1.29, 1.82) is 5.26 Å². The van der Waals surface area contributed by atoms with Crippen molar-refractivity contribution in [1.82, 2.24) is 15.1 Å². The summed E-state index contributed by atoms with van der Waals surface area (Å²) in [5.74, 6) is 0. The van der Waals surface area contributed by atoms with Gasteiger partial charge in [0.05, 0.1) is 29.0 Å². The van der Waals surface area contributed by atoms with Gasteiger partial charge in [-0.3, -0.25) is 10.00 Å². The summed E-state index contributed by atoms with van der Waals surface area (Å²) in [4.78, 5) is 0. The van der Waals surface area contributed by atoms with Crippen LogP contribution in [0.3, 0.4) is 0 Å². The highest BCUT2D eigenvalue weighted by molar-refractivity contribution is 6.31. The molecule has 0 amide bonds. The lowest BCUT2D eigenvalue weighted by Crippen LogP contribution is -2.43. The normalized spacial score (nSPS) is 13.8. The molecule has 2 aromatic rings. The summed E-state index contributed by atoms with van der Waals surface area (Å²) < 4.78 is 1.78. The molecule has 2 rings (SSSR count). The second kappa shape index (κ2) is 5.66. The largest absolute Gasteiger partial charge is 0.297 e. The Morgan fingerprint density at radius 2 is 2.00 bits per heavy atom. The number of nitriles is 1. The first kappa shape index (κ1) is 14.6. The van der Waals surface area contributed by atoms with Gasteiger partial charge in [0.15, 0.2) is 5.54 Å². The van der Waals surface area contributed by atoms with E-state index in [-0.39, 0.29) is 0 Å². The first-order chi connectivity index (χ1) is 9.54. The third-order valence-corrected chi connectivity index (χ3v) is 4.11.